The molecule has 0 spiro atoms. The summed E-state index contributed by atoms with van der Waals surface area (Å²) in [4.78, 5) is 12.7. The van der Waals surface area contributed by atoms with Crippen molar-refractivity contribution in [3.8, 4) is 34.5 Å². The summed E-state index contributed by atoms with van der Waals surface area (Å²) < 4.78 is 16.6. The van der Waals surface area contributed by atoms with Gasteiger partial charge in [-0.1, -0.05) is 24.3 Å². The average molecular weight is 542 g/mol. The fourth-order valence-corrected chi connectivity index (χ4v) is 3.89. The van der Waals surface area contributed by atoms with Gasteiger partial charge in [-0.25, -0.2) is 4.79 Å². The fraction of sp³-hybridized carbons (Fsp3) is 0.222. The molecule has 1 aliphatic heterocycles. The molecule has 206 valence electrons. The summed E-state index contributed by atoms with van der Waals surface area (Å²) >= 11 is 0. The Morgan fingerprint density at radius 2 is 1.41 bits per heavy atom. The van der Waals surface area contributed by atoms with Crippen LogP contribution in [0.4, 0.5) is 0 Å². The molecule has 39 heavy (non-hydrogen) atoms. The molecule has 8 N–H and O–H groups in total. The molecule has 1 aliphatic rings. The largest absolute Gasteiger partial charge is 0.508 e. The van der Waals surface area contributed by atoms with Gasteiger partial charge >= 0.3 is 5.97 Å². The lowest BCUT2D eigenvalue weighted by molar-refractivity contribution is -0.276. The molecule has 0 aliphatic carbocycles. The van der Waals surface area contributed by atoms with Crippen LogP contribution in [-0.2, 0) is 9.47 Å². The maximum absolute atomic E-state index is 12.7. The van der Waals surface area contributed by atoms with Gasteiger partial charge < -0.3 is 55.1 Å². The average Bonchev–Trinajstić information content (AvgIpc) is 2.90. The monoisotopic (exact) mass is 542 g/mol. The summed E-state index contributed by atoms with van der Waals surface area (Å²) in [5.41, 5.74) is 0.906. The number of hydrogen-bond acceptors (Lipinski definition) is 12. The Morgan fingerprint density at radius 3 is 2.00 bits per heavy atom. The minimum Gasteiger partial charge on any atom is -0.508 e. The molecule has 1 heterocycles. The molecule has 0 amide bonds. The van der Waals surface area contributed by atoms with Gasteiger partial charge in [0, 0.05) is 6.07 Å². The highest BCUT2D eigenvalue weighted by Gasteiger charge is 2.48. The van der Waals surface area contributed by atoms with Gasteiger partial charge in [0.05, 0.1) is 12.2 Å². The van der Waals surface area contributed by atoms with Crippen LogP contribution in [0.2, 0.25) is 0 Å². The smallest absolute Gasteiger partial charge is 0.339 e. The number of ether oxygens (including phenoxy) is 3. The lowest BCUT2D eigenvalue weighted by atomic mass is 9.99. The second-order valence-corrected chi connectivity index (χ2v) is 8.74. The highest BCUT2D eigenvalue weighted by atomic mass is 16.7. The molecule has 4 rings (SSSR count). The van der Waals surface area contributed by atoms with Gasteiger partial charge in [0.25, 0.3) is 0 Å². The minimum atomic E-state index is -1.75. The summed E-state index contributed by atoms with van der Waals surface area (Å²) in [5.74, 6) is -3.52. The summed E-state index contributed by atoms with van der Waals surface area (Å²) in [6.45, 7) is -0.674. The normalized spacial score (nSPS) is 23.0. The Labute approximate surface area is 221 Å². The van der Waals surface area contributed by atoms with Crippen LogP contribution in [0.1, 0.15) is 21.5 Å². The first-order valence-electron chi connectivity index (χ1n) is 11.6. The molecule has 1 saturated heterocycles. The van der Waals surface area contributed by atoms with Crippen LogP contribution in [0.25, 0.3) is 12.2 Å². The fourth-order valence-electron chi connectivity index (χ4n) is 3.89. The van der Waals surface area contributed by atoms with Crippen molar-refractivity contribution in [2.45, 2.75) is 30.7 Å². The van der Waals surface area contributed by atoms with E-state index in [-0.39, 0.29) is 22.8 Å². The number of carbonyl (C=O) groups is 1. The van der Waals surface area contributed by atoms with Gasteiger partial charge in [0.15, 0.2) is 23.4 Å². The Morgan fingerprint density at radius 1 is 0.821 bits per heavy atom. The van der Waals surface area contributed by atoms with E-state index in [4.69, 9.17) is 14.2 Å². The molecule has 12 nitrogen and oxygen atoms in total. The number of carbonyl (C=O) groups excluding carboxylic acids is 1. The van der Waals surface area contributed by atoms with Crippen LogP contribution in [0.5, 0.6) is 34.5 Å². The Kier molecular flexibility index (Phi) is 8.12. The topological polar surface area (TPSA) is 207 Å². The molecule has 0 radical (unpaired) electrons. The molecule has 3 aromatic rings. The van der Waals surface area contributed by atoms with E-state index in [1.807, 2.05) is 0 Å². The van der Waals surface area contributed by atoms with Gasteiger partial charge in [0.2, 0.25) is 6.29 Å². The first kappa shape index (κ1) is 27.5. The van der Waals surface area contributed by atoms with Gasteiger partial charge in [-0.3, -0.25) is 0 Å². The maximum atomic E-state index is 12.7. The van der Waals surface area contributed by atoms with E-state index >= 15 is 0 Å². The number of rotatable bonds is 7. The number of aliphatic hydroxyl groups excluding tert-OH is 3. The van der Waals surface area contributed by atoms with E-state index in [2.05, 4.69) is 0 Å². The highest BCUT2D eigenvalue weighted by molar-refractivity contribution is 5.91. The second kappa shape index (κ2) is 11.5. The maximum Gasteiger partial charge on any atom is 0.339 e. The molecule has 12 heteroatoms. The van der Waals surface area contributed by atoms with Crippen molar-refractivity contribution in [2.24, 2.45) is 0 Å². The predicted molar refractivity (Wildman–Crippen MR) is 134 cm³/mol. The van der Waals surface area contributed by atoms with Crippen LogP contribution in [0.15, 0.2) is 54.6 Å². The van der Waals surface area contributed by atoms with Crippen LogP contribution in [0.3, 0.4) is 0 Å². The molecule has 3 aromatic carbocycles. The van der Waals surface area contributed by atoms with E-state index in [9.17, 15) is 45.6 Å². The van der Waals surface area contributed by atoms with Crippen molar-refractivity contribution in [3.05, 3.63) is 71.3 Å². The van der Waals surface area contributed by atoms with E-state index < -0.39 is 60.5 Å². The molecule has 5 unspecified atom stereocenters. The number of benzene rings is 3. The predicted octanol–water partition coefficient (Wildman–Crippen LogP) is 1.43. The molecular weight excluding hydrogens is 516 g/mol. The number of aromatic hydroxyl groups is 5. The molecule has 0 aromatic heterocycles. The number of phenolic OH excluding ortho intramolecular Hbond substituents is 5. The zero-order valence-electron chi connectivity index (χ0n) is 20.2. The first-order chi connectivity index (χ1) is 18.5. The zero-order chi connectivity index (χ0) is 28.3. The lowest BCUT2D eigenvalue weighted by Crippen LogP contribution is -2.61. The van der Waals surface area contributed by atoms with Crippen LogP contribution < -0.4 is 4.74 Å². The van der Waals surface area contributed by atoms with Crippen LogP contribution >= 0.6 is 0 Å². The molecule has 1 fully saturated rings. The van der Waals surface area contributed by atoms with Gasteiger partial charge in [-0.2, -0.15) is 0 Å². The summed E-state index contributed by atoms with van der Waals surface area (Å²) in [7, 11) is 0. The first-order valence-corrected chi connectivity index (χ1v) is 11.6. The Hall–Kier alpha value is -4.49. The van der Waals surface area contributed by atoms with Crippen molar-refractivity contribution in [1.82, 2.24) is 0 Å². The third-order valence-corrected chi connectivity index (χ3v) is 5.90. The van der Waals surface area contributed by atoms with Gasteiger partial charge in [-0.15, -0.1) is 0 Å². The minimum absolute atomic E-state index is 0.0892. The number of hydrogen-bond donors (Lipinski definition) is 8. The third kappa shape index (κ3) is 6.33. The molecule has 0 saturated carbocycles. The molecule has 0 bridgehead atoms. The number of aliphatic hydroxyl groups is 3. The molecule has 5 atom stereocenters. The lowest BCUT2D eigenvalue weighted by Gasteiger charge is -2.41. The van der Waals surface area contributed by atoms with Crippen LogP contribution in [0, 0.1) is 0 Å². The highest BCUT2D eigenvalue weighted by Crippen LogP contribution is 2.36. The summed E-state index contributed by atoms with van der Waals surface area (Å²) in [6, 6.07) is 12.2. The summed E-state index contributed by atoms with van der Waals surface area (Å²) in [6.07, 6.45) is -4.36. The van der Waals surface area contributed by atoms with Gasteiger partial charge in [0.1, 0.15) is 35.6 Å². The van der Waals surface area contributed by atoms with Crippen molar-refractivity contribution in [1.29, 1.82) is 0 Å². The van der Waals surface area contributed by atoms with Crippen LogP contribution in [-0.4, -0.2) is 84.1 Å². The number of esters is 1. The quantitative estimate of drug-likeness (QED) is 0.121. The SMILES string of the molecule is O=C(OC1C(Oc2ccc(C=Cc3cc(O)cc(O)c3)cc2)OC(CO)C(O)C1O)c1cc(O)c(O)c(O)c1. The number of phenols is 5. The van der Waals surface area contributed by atoms with E-state index in [1.54, 1.807) is 36.4 Å². The summed E-state index contributed by atoms with van der Waals surface area (Å²) in [5, 5.41) is 78.5. The van der Waals surface area contributed by atoms with Crippen molar-refractivity contribution in [3.63, 3.8) is 0 Å². The zero-order valence-corrected chi connectivity index (χ0v) is 20.2. The van der Waals surface area contributed by atoms with E-state index in [1.165, 1.54) is 18.2 Å². The van der Waals surface area contributed by atoms with E-state index in [0.717, 1.165) is 12.1 Å². The van der Waals surface area contributed by atoms with E-state index in [0.29, 0.717) is 11.1 Å². The third-order valence-electron chi connectivity index (χ3n) is 5.90. The molecular formula is C27H26O12. The standard InChI is InChI=1S/C27H26O12/c28-12-21-23(34)24(35)25(39-26(36)15-9-19(31)22(33)20(32)10-15)27(38-21)37-18-5-3-13(4-6-18)1-2-14-7-16(29)11-17(30)8-14/h1-11,21,23-25,27-35H,12H2. The van der Waals surface area contributed by atoms with Crippen molar-refractivity contribution >= 4 is 18.1 Å². The van der Waals surface area contributed by atoms with Crippen molar-refractivity contribution < 1.29 is 59.9 Å². The second-order valence-electron chi connectivity index (χ2n) is 8.74. The van der Waals surface area contributed by atoms with Crippen molar-refractivity contribution in [2.75, 3.05) is 6.61 Å². The Balaban J connectivity index is 1.51. The van der Waals surface area contributed by atoms with Gasteiger partial charge in [-0.05, 0) is 47.5 Å². The Bertz CT molecular complexity index is 1310.